The Hall–Kier alpha value is -2.08. The van der Waals surface area contributed by atoms with Gasteiger partial charge in [0.05, 0.1) is 0 Å². The standard InChI is InChI=1S/C15H21N3O3/c1-10(11-6-8-21-9-7-11)17-15(19)13-4-2-12(3-5-13)14(16)18-20/h2-5,10-11,20H,6-9H2,1H3,(H2,16,18)(H,17,19). The molecular formula is C15H21N3O3. The summed E-state index contributed by atoms with van der Waals surface area (Å²) in [6.07, 6.45) is 1.95. The highest BCUT2D eigenvalue weighted by molar-refractivity contribution is 5.99. The molecule has 21 heavy (non-hydrogen) atoms. The first-order valence-electron chi connectivity index (χ1n) is 7.08. The lowest BCUT2D eigenvalue weighted by atomic mass is 9.93. The topological polar surface area (TPSA) is 96.9 Å². The van der Waals surface area contributed by atoms with Crippen molar-refractivity contribution in [2.45, 2.75) is 25.8 Å². The number of ether oxygens (including phenoxy) is 1. The van der Waals surface area contributed by atoms with E-state index in [4.69, 9.17) is 15.7 Å². The fourth-order valence-electron chi connectivity index (χ4n) is 2.47. The molecule has 2 rings (SSSR count). The van der Waals surface area contributed by atoms with Gasteiger partial charge in [0.1, 0.15) is 0 Å². The Morgan fingerprint density at radius 1 is 1.33 bits per heavy atom. The summed E-state index contributed by atoms with van der Waals surface area (Å²) in [4.78, 5) is 12.2. The monoisotopic (exact) mass is 291 g/mol. The van der Waals surface area contributed by atoms with E-state index in [1.807, 2.05) is 6.92 Å². The Balaban J connectivity index is 1.96. The van der Waals surface area contributed by atoms with Crippen molar-refractivity contribution in [1.82, 2.24) is 5.32 Å². The first-order valence-corrected chi connectivity index (χ1v) is 7.08. The number of nitrogens with two attached hydrogens (primary N) is 1. The second kappa shape index (κ2) is 7.08. The largest absolute Gasteiger partial charge is 0.409 e. The number of amidine groups is 1. The summed E-state index contributed by atoms with van der Waals surface area (Å²) >= 11 is 0. The van der Waals surface area contributed by atoms with Crippen molar-refractivity contribution in [3.8, 4) is 0 Å². The Bertz CT molecular complexity index is 507. The molecule has 6 nitrogen and oxygen atoms in total. The lowest BCUT2D eigenvalue weighted by molar-refractivity contribution is 0.0538. The smallest absolute Gasteiger partial charge is 0.251 e. The molecule has 6 heteroatoms. The fraction of sp³-hybridized carbons (Fsp3) is 0.467. The molecule has 1 aliphatic heterocycles. The zero-order valence-electron chi connectivity index (χ0n) is 12.1. The van der Waals surface area contributed by atoms with Crippen LogP contribution in [0, 0.1) is 5.92 Å². The van der Waals surface area contributed by atoms with Gasteiger partial charge in [-0.15, -0.1) is 0 Å². The molecule has 0 bridgehead atoms. The maximum Gasteiger partial charge on any atom is 0.251 e. The number of oxime groups is 1. The number of hydrogen-bond donors (Lipinski definition) is 3. The number of nitrogens with zero attached hydrogens (tertiary/aromatic N) is 1. The molecule has 1 fully saturated rings. The van der Waals surface area contributed by atoms with Crippen LogP contribution in [-0.4, -0.2) is 36.2 Å². The molecule has 4 N–H and O–H groups in total. The van der Waals surface area contributed by atoms with Crippen molar-refractivity contribution in [2.75, 3.05) is 13.2 Å². The molecule has 1 atom stereocenters. The van der Waals surface area contributed by atoms with E-state index < -0.39 is 0 Å². The van der Waals surface area contributed by atoms with Crippen LogP contribution in [0.2, 0.25) is 0 Å². The minimum Gasteiger partial charge on any atom is -0.409 e. The summed E-state index contributed by atoms with van der Waals surface area (Å²) in [5.41, 5.74) is 6.62. The maximum absolute atomic E-state index is 12.2. The average molecular weight is 291 g/mol. The number of hydrogen-bond acceptors (Lipinski definition) is 4. The van der Waals surface area contributed by atoms with Crippen LogP contribution in [0.15, 0.2) is 29.4 Å². The Kier molecular flexibility index (Phi) is 5.16. The van der Waals surface area contributed by atoms with Crippen LogP contribution in [0.5, 0.6) is 0 Å². The van der Waals surface area contributed by atoms with Crippen LogP contribution in [0.4, 0.5) is 0 Å². The van der Waals surface area contributed by atoms with Gasteiger partial charge >= 0.3 is 0 Å². The predicted molar refractivity (Wildman–Crippen MR) is 79.4 cm³/mol. The first-order chi connectivity index (χ1) is 10.1. The summed E-state index contributed by atoms with van der Waals surface area (Å²) in [7, 11) is 0. The van der Waals surface area contributed by atoms with Gasteiger partial charge in [0.25, 0.3) is 5.91 Å². The average Bonchev–Trinajstić information content (AvgIpc) is 2.55. The molecule has 1 unspecified atom stereocenters. The molecule has 0 radical (unpaired) electrons. The number of carbonyl (C=O) groups is 1. The van der Waals surface area contributed by atoms with Crippen LogP contribution >= 0.6 is 0 Å². The SMILES string of the molecule is CC(NC(=O)c1ccc(/C(N)=N/O)cc1)C1CCOCC1. The molecule has 1 heterocycles. The highest BCUT2D eigenvalue weighted by Gasteiger charge is 2.22. The highest BCUT2D eigenvalue weighted by Crippen LogP contribution is 2.18. The lowest BCUT2D eigenvalue weighted by Crippen LogP contribution is -2.40. The molecule has 0 saturated carbocycles. The van der Waals surface area contributed by atoms with Crippen LogP contribution in [-0.2, 0) is 4.74 Å². The van der Waals surface area contributed by atoms with Crippen molar-refractivity contribution in [3.63, 3.8) is 0 Å². The van der Waals surface area contributed by atoms with E-state index in [9.17, 15) is 4.79 Å². The van der Waals surface area contributed by atoms with Gasteiger partial charge in [-0.25, -0.2) is 0 Å². The molecule has 1 aromatic rings. The van der Waals surface area contributed by atoms with Crippen molar-refractivity contribution in [3.05, 3.63) is 35.4 Å². The van der Waals surface area contributed by atoms with Gasteiger partial charge in [0.2, 0.25) is 0 Å². The molecule has 1 aliphatic rings. The Labute approximate surface area is 124 Å². The van der Waals surface area contributed by atoms with Crippen LogP contribution in [0.3, 0.4) is 0 Å². The van der Waals surface area contributed by atoms with Gasteiger partial charge in [-0.05, 0) is 37.8 Å². The highest BCUT2D eigenvalue weighted by atomic mass is 16.5. The van der Waals surface area contributed by atoms with E-state index >= 15 is 0 Å². The summed E-state index contributed by atoms with van der Waals surface area (Å²) in [6.45, 7) is 3.55. The molecule has 1 aromatic carbocycles. The van der Waals surface area contributed by atoms with Gasteiger partial charge < -0.3 is 21.0 Å². The van der Waals surface area contributed by atoms with Crippen LogP contribution in [0.25, 0.3) is 0 Å². The summed E-state index contributed by atoms with van der Waals surface area (Å²) in [5, 5.41) is 14.6. The zero-order chi connectivity index (χ0) is 15.2. The van der Waals surface area contributed by atoms with E-state index in [-0.39, 0.29) is 17.8 Å². The number of nitrogens with one attached hydrogen (secondary N) is 1. The second-order valence-electron chi connectivity index (χ2n) is 5.27. The molecule has 114 valence electrons. The van der Waals surface area contributed by atoms with Crippen LogP contribution < -0.4 is 11.1 Å². The normalized spacial score (nSPS) is 18.2. The summed E-state index contributed by atoms with van der Waals surface area (Å²) in [5.74, 6) is 0.372. The fourth-order valence-corrected chi connectivity index (χ4v) is 2.47. The van der Waals surface area contributed by atoms with E-state index in [0.717, 1.165) is 26.1 Å². The van der Waals surface area contributed by atoms with Gasteiger partial charge in [-0.3, -0.25) is 4.79 Å². The molecule has 0 aromatic heterocycles. The van der Waals surface area contributed by atoms with Gasteiger partial charge in [-0.2, -0.15) is 0 Å². The zero-order valence-corrected chi connectivity index (χ0v) is 12.1. The van der Waals surface area contributed by atoms with E-state index in [0.29, 0.717) is 17.0 Å². The maximum atomic E-state index is 12.2. The quantitative estimate of drug-likeness (QED) is 0.337. The van der Waals surface area contributed by atoms with Gasteiger partial charge in [-0.1, -0.05) is 17.3 Å². The molecule has 1 amide bonds. The molecule has 0 aliphatic carbocycles. The lowest BCUT2D eigenvalue weighted by Gasteiger charge is -2.28. The van der Waals surface area contributed by atoms with Crippen molar-refractivity contribution in [1.29, 1.82) is 0 Å². The van der Waals surface area contributed by atoms with Gasteiger partial charge in [0, 0.05) is 30.4 Å². The minimum absolute atomic E-state index is 0.0255. The van der Waals surface area contributed by atoms with Gasteiger partial charge in [0.15, 0.2) is 5.84 Å². The third-order valence-electron chi connectivity index (χ3n) is 3.88. The predicted octanol–water partition coefficient (Wildman–Crippen LogP) is 1.33. The van der Waals surface area contributed by atoms with E-state index in [1.54, 1.807) is 24.3 Å². The van der Waals surface area contributed by atoms with Crippen molar-refractivity contribution >= 4 is 11.7 Å². The minimum atomic E-state index is -0.111. The summed E-state index contributed by atoms with van der Waals surface area (Å²) in [6, 6.07) is 6.76. The number of amides is 1. The number of carbonyl (C=O) groups excluding carboxylic acids is 1. The second-order valence-corrected chi connectivity index (χ2v) is 5.27. The van der Waals surface area contributed by atoms with Crippen molar-refractivity contribution < 1.29 is 14.7 Å². The van der Waals surface area contributed by atoms with Crippen molar-refractivity contribution in [2.24, 2.45) is 16.8 Å². The molecule has 0 spiro atoms. The molecular weight excluding hydrogens is 270 g/mol. The first kappa shape index (κ1) is 15.3. The molecule has 1 saturated heterocycles. The van der Waals surface area contributed by atoms with E-state index in [2.05, 4.69) is 10.5 Å². The summed E-state index contributed by atoms with van der Waals surface area (Å²) < 4.78 is 5.33. The number of rotatable bonds is 4. The Morgan fingerprint density at radius 2 is 1.90 bits per heavy atom. The van der Waals surface area contributed by atoms with E-state index in [1.165, 1.54) is 0 Å². The van der Waals surface area contributed by atoms with Crippen LogP contribution in [0.1, 0.15) is 35.7 Å². The number of benzene rings is 1. The third kappa shape index (κ3) is 3.95. The third-order valence-corrected chi connectivity index (χ3v) is 3.88. The Morgan fingerprint density at radius 3 is 2.48 bits per heavy atom.